The highest BCUT2D eigenvalue weighted by molar-refractivity contribution is 5.89. The molecule has 0 atom stereocenters. The number of esters is 1. The highest BCUT2D eigenvalue weighted by Crippen LogP contribution is 2.08. The number of hydrazine groups is 1. The van der Waals surface area contributed by atoms with Crippen LogP contribution in [-0.2, 0) is 16.0 Å². The third-order valence-corrected chi connectivity index (χ3v) is 3.14. The van der Waals surface area contributed by atoms with Crippen LogP contribution in [-0.4, -0.2) is 19.0 Å². The zero-order valence-corrected chi connectivity index (χ0v) is 12.3. The Morgan fingerprint density at radius 3 is 2.32 bits per heavy atom. The third kappa shape index (κ3) is 4.63. The van der Waals surface area contributed by atoms with E-state index in [9.17, 15) is 9.59 Å². The molecule has 2 N–H and O–H groups in total. The fraction of sp³-hybridized carbons (Fsp3) is 0.176. The van der Waals surface area contributed by atoms with Gasteiger partial charge in [-0.3, -0.25) is 15.6 Å². The lowest BCUT2D eigenvalue weighted by atomic mass is 10.1. The van der Waals surface area contributed by atoms with Gasteiger partial charge < -0.3 is 4.74 Å². The Bertz CT molecular complexity index is 624. The number of carbonyl (C=O) groups is 2. The quantitative estimate of drug-likeness (QED) is 0.635. The van der Waals surface area contributed by atoms with Crippen LogP contribution in [0.15, 0.2) is 54.6 Å². The molecular weight excluding hydrogens is 280 g/mol. The van der Waals surface area contributed by atoms with E-state index in [2.05, 4.69) is 15.6 Å². The van der Waals surface area contributed by atoms with E-state index >= 15 is 0 Å². The Hall–Kier alpha value is -2.82. The van der Waals surface area contributed by atoms with Crippen LogP contribution in [0.25, 0.3) is 0 Å². The zero-order valence-electron chi connectivity index (χ0n) is 12.3. The summed E-state index contributed by atoms with van der Waals surface area (Å²) in [6.07, 6.45) is 0.959. The highest BCUT2D eigenvalue weighted by atomic mass is 16.5. The summed E-state index contributed by atoms with van der Waals surface area (Å²) in [5.41, 5.74) is 7.82. The maximum atomic E-state index is 11.8. The lowest BCUT2D eigenvalue weighted by Crippen LogP contribution is -2.29. The van der Waals surface area contributed by atoms with Crippen LogP contribution in [0.2, 0.25) is 0 Å². The molecule has 2 aromatic rings. The molecule has 0 fully saturated rings. The Morgan fingerprint density at radius 2 is 1.68 bits per heavy atom. The number of carbonyl (C=O) groups excluding carboxylic acids is 2. The molecule has 2 aromatic carbocycles. The number of amides is 1. The molecule has 0 saturated carbocycles. The summed E-state index contributed by atoms with van der Waals surface area (Å²) in [6, 6.07) is 16.5. The lowest BCUT2D eigenvalue weighted by molar-refractivity contribution is -0.120. The normalized spacial score (nSPS) is 9.86. The molecular formula is C17H18N2O3. The van der Waals surface area contributed by atoms with Crippen molar-refractivity contribution in [1.29, 1.82) is 0 Å². The first-order valence-electron chi connectivity index (χ1n) is 6.96. The van der Waals surface area contributed by atoms with E-state index in [-0.39, 0.29) is 11.9 Å². The summed E-state index contributed by atoms with van der Waals surface area (Å²) in [4.78, 5) is 23.1. The number of rotatable bonds is 6. The van der Waals surface area contributed by atoms with Crippen LogP contribution in [0.1, 0.15) is 22.3 Å². The van der Waals surface area contributed by atoms with Crippen molar-refractivity contribution in [2.24, 2.45) is 0 Å². The number of hydrogen-bond donors (Lipinski definition) is 2. The summed E-state index contributed by atoms with van der Waals surface area (Å²) in [5, 5.41) is 0. The van der Waals surface area contributed by atoms with Crippen LogP contribution >= 0.6 is 0 Å². The van der Waals surface area contributed by atoms with E-state index in [1.807, 2.05) is 42.5 Å². The summed E-state index contributed by atoms with van der Waals surface area (Å²) in [5.74, 6) is -0.461. The molecule has 0 saturated heterocycles. The zero-order chi connectivity index (χ0) is 15.8. The Balaban J connectivity index is 1.77. The maximum absolute atomic E-state index is 11.8. The Labute approximate surface area is 129 Å². The lowest BCUT2D eigenvalue weighted by Gasteiger charge is -2.08. The summed E-state index contributed by atoms with van der Waals surface area (Å²) < 4.78 is 4.64. The van der Waals surface area contributed by atoms with E-state index in [1.165, 1.54) is 7.11 Å². The third-order valence-electron chi connectivity index (χ3n) is 3.14. The van der Waals surface area contributed by atoms with Crippen LogP contribution < -0.4 is 10.9 Å². The second kappa shape index (κ2) is 7.83. The Morgan fingerprint density at radius 1 is 1.00 bits per heavy atom. The van der Waals surface area contributed by atoms with Gasteiger partial charge in [-0.05, 0) is 36.2 Å². The summed E-state index contributed by atoms with van der Waals surface area (Å²) >= 11 is 0. The molecule has 1 amide bonds. The van der Waals surface area contributed by atoms with Crippen LogP contribution in [0, 0.1) is 0 Å². The molecule has 114 valence electrons. The number of ether oxygens (including phenoxy) is 1. The highest BCUT2D eigenvalue weighted by Gasteiger charge is 2.06. The molecule has 0 spiro atoms. The van der Waals surface area contributed by atoms with Gasteiger partial charge in [0.25, 0.3) is 0 Å². The first-order valence-corrected chi connectivity index (χ1v) is 6.96. The van der Waals surface area contributed by atoms with Crippen molar-refractivity contribution in [3.8, 4) is 0 Å². The smallest absolute Gasteiger partial charge is 0.337 e. The van der Waals surface area contributed by atoms with Crippen LogP contribution in [0.3, 0.4) is 0 Å². The predicted octanol–water partition coefficient (Wildman–Crippen LogP) is 2.55. The fourth-order valence-corrected chi connectivity index (χ4v) is 1.91. The molecule has 2 rings (SSSR count). The minimum absolute atomic E-state index is 0.0964. The number of nitrogens with one attached hydrogen (secondary N) is 2. The molecule has 0 aliphatic carbocycles. The van der Waals surface area contributed by atoms with Gasteiger partial charge in [0.15, 0.2) is 0 Å². The van der Waals surface area contributed by atoms with Gasteiger partial charge in [-0.2, -0.15) is 0 Å². The van der Waals surface area contributed by atoms with Crippen LogP contribution in [0.5, 0.6) is 0 Å². The molecule has 0 bridgehead atoms. The number of aryl methyl sites for hydroxylation is 1. The molecule has 5 nitrogen and oxygen atoms in total. The molecule has 0 heterocycles. The van der Waals surface area contributed by atoms with Gasteiger partial charge in [0, 0.05) is 6.42 Å². The van der Waals surface area contributed by atoms with E-state index in [1.54, 1.807) is 12.1 Å². The van der Waals surface area contributed by atoms with Crippen LogP contribution in [0.4, 0.5) is 5.69 Å². The van der Waals surface area contributed by atoms with Gasteiger partial charge in [-0.1, -0.05) is 30.3 Å². The van der Waals surface area contributed by atoms with Crippen molar-refractivity contribution in [3.63, 3.8) is 0 Å². The minimum atomic E-state index is -0.364. The fourth-order valence-electron chi connectivity index (χ4n) is 1.91. The second-order valence-corrected chi connectivity index (χ2v) is 4.73. The average Bonchev–Trinajstić information content (AvgIpc) is 2.58. The van der Waals surface area contributed by atoms with Gasteiger partial charge in [-0.15, -0.1) is 0 Å². The average molecular weight is 298 g/mol. The minimum Gasteiger partial charge on any atom is -0.465 e. The molecule has 0 aliphatic rings. The maximum Gasteiger partial charge on any atom is 0.337 e. The van der Waals surface area contributed by atoms with Crippen molar-refractivity contribution in [2.45, 2.75) is 12.8 Å². The van der Waals surface area contributed by atoms with Crippen molar-refractivity contribution in [1.82, 2.24) is 5.43 Å². The topological polar surface area (TPSA) is 67.4 Å². The summed E-state index contributed by atoms with van der Waals surface area (Å²) in [6.45, 7) is 0. The molecule has 0 radical (unpaired) electrons. The van der Waals surface area contributed by atoms with Crippen molar-refractivity contribution in [2.75, 3.05) is 12.5 Å². The molecule has 0 unspecified atom stereocenters. The largest absolute Gasteiger partial charge is 0.465 e. The molecule has 22 heavy (non-hydrogen) atoms. The molecule has 0 aliphatic heterocycles. The molecule has 0 aromatic heterocycles. The first kappa shape index (κ1) is 15.6. The number of methoxy groups -OCH3 is 1. The van der Waals surface area contributed by atoms with E-state index in [4.69, 9.17) is 0 Å². The predicted molar refractivity (Wildman–Crippen MR) is 84.3 cm³/mol. The van der Waals surface area contributed by atoms with Gasteiger partial charge in [-0.25, -0.2) is 4.79 Å². The van der Waals surface area contributed by atoms with E-state index < -0.39 is 0 Å². The SMILES string of the molecule is COC(=O)c1ccc(CCC(=O)NNc2ccccc2)cc1. The van der Waals surface area contributed by atoms with E-state index in [0.717, 1.165) is 11.3 Å². The number of hydrogen-bond acceptors (Lipinski definition) is 4. The second-order valence-electron chi connectivity index (χ2n) is 4.73. The summed E-state index contributed by atoms with van der Waals surface area (Å²) in [7, 11) is 1.35. The number of benzene rings is 2. The van der Waals surface area contributed by atoms with Crippen molar-refractivity contribution in [3.05, 3.63) is 65.7 Å². The van der Waals surface area contributed by atoms with E-state index in [0.29, 0.717) is 18.4 Å². The Kier molecular flexibility index (Phi) is 5.54. The van der Waals surface area contributed by atoms with Gasteiger partial charge in [0.1, 0.15) is 0 Å². The van der Waals surface area contributed by atoms with Gasteiger partial charge >= 0.3 is 5.97 Å². The first-order chi connectivity index (χ1) is 10.7. The standard InChI is InChI=1S/C17H18N2O3/c1-22-17(21)14-10-7-13(8-11-14)9-12-16(20)19-18-15-5-3-2-4-6-15/h2-8,10-11,18H,9,12H2,1H3,(H,19,20). The number of anilines is 1. The van der Waals surface area contributed by atoms with Gasteiger partial charge in [0.2, 0.25) is 5.91 Å². The van der Waals surface area contributed by atoms with Crippen molar-refractivity contribution >= 4 is 17.6 Å². The molecule has 5 heteroatoms. The monoisotopic (exact) mass is 298 g/mol. The van der Waals surface area contributed by atoms with Crippen molar-refractivity contribution < 1.29 is 14.3 Å². The number of para-hydroxylation sites is 1. The van der Waals surface area contributed by atoms with Gasteiger partial charge in [0.05, 0.1) is 18.4 Å².